The van der Waals surface area contributed by atoms with Crippen LogP contribution in [0.15, 0.2) is 30.5 Å². The van der Waals surface area contributed by atoms with Gasteiger partial charge in [0, 0.05) is 43.4 Å². The van der Waals surface area contributed by atoms with E-state index < -0.39 is 0 Å². The molecule has 1 saturated heterocycles. The van der Waals surface area contributed by atoms with Gasteiger partial charge in [-0.15, -0.1) is 10.2 Å². The number of rotatable bonds is 6. The first kappa shape index (κ1) is 17.5. The highest BCUT2D eigenvalue weighted by molar-refractivity contribution is 7.15. The fraction of sp³-hybridized carbons (Fsp3) is 0.450. The molecule has 5 rings (SSSR count). The second kappa shape index (κ2) is 7.09. The number of carbonyl (C=O) groups is 1. The smallest absolute Gasteiger partial charge is 0.237 e. The van der Waals surface area contributed by atoms with Crippen molar-refractivity contribution in [1.29, 1.82) is 0 Å². The Labute approximate surface area is 167 Å². The molecule has 0 radical (unpaired) electrons. The number of nitrogens with zero attached hydrogens (tertiary/aromatic N) is 4. The standard InChI is InChI=1S/C20H23N5O2S/c21-18(26)12-25-11-8-15-16(25)2-1-3-17(15)27-14-6-9-24(10-7-14)20-23-22-19(28-20)13-4-5-13/h1-3,8,11,13-14H,4-7,9-10,12H2,(H2,21,26). The molecule has 1 aromatic carbocycles. The Bertz CT molecular complexity index is 1000. The highest BCUT2D eigenvalue weighted by Crippen LogP contribution is 2.42. The molecule has 28 heavy (non-hydrogen) atoms. The lowest BCUT2D eigenvalue weighted by Crippen LogP contribution is -2.38. The first-order chi connectivity index (χ1) is 13.7. The van der Waals surface area contributed by atoms with Gasteiger partial charge in [0.25, 0.3) is 0 Å². The summed E-state index contributed by atoms with van der Waals surface area (Å²) in [5.41, 5.74) is 6.31. The molecular weight excluding hydrogens is 374 g/mol. The lowest BCUT2D eigenvalue weighted by Gasteiger charge is -2.31. The predicted molar refractivity (Wildman–Crippen MR) is 109 cm³/mol. The molecule has 1 aliphatic heterocycles. The monoisotopic (exact) mass is 397 g/mol. The third kappa shape index (κ3) is 3.44. The van der Waals surface area contributed by atoms with Crippen molar-refractivity contribution in [3.05, 3.63) is 35.5 Å². The number of nitrogens with two attached hydrogens (primary N) is 1. The normalized spacial score (nSPS) is 17.9. The number of primary amides is 1. The maximum Gasteiger partial charge on any atom is 0.237 e. The molecule has 0 unspecified atom stereocenters. The van der Waals surface area contributed by atoms with Gasteiger partial charge >= 0.3 is 0 Å². The van der Waals surface area contributed by atoms with Crippen molar-refractivity contribution in [2.45, 2.75) is 44.2 Å². The van der Waals surface area contributed by atoms with Crippen LogP contribution in [0.3, 0.4) is 0 Å². The third-order valence-electron chi connectivity index (χ3n) is 5.46. The Morgan fingerprint density at radius 2 is 2.00 bits per heavy atom. The number of aromatic nitrogens is 3. The molecule has 3 aromatic rings. The second-order valence-corrected chi connectivity index (χ2v) is 8.59. The number of fused-ring (bicyclic) bond motifs is 1. The zero-order valence-corrected chi connectivity index (χ0v) is 16.4. The summed E-state index contributed by atoms with van der Waals surface area (Å²) in [4.78, 5) is 13.6. The summed E-state index contributed by atoms with van der Waals surface area (Å²) >= 11 is 1.75. The first-order valence-corrected chi connectivity index (χ1v) is 10.6. The first-order valence-electron chi connectivity index (χ1n) is 9.78. The third-order valence-corrected chi connectivity index (χ3v) is 6.61. The van der Waals surface area contributed by atoms with Crippen molar-refractivity contribution in [1.82, 2.24) is 14.8 Å². The molecule has 146 valence electrons. The van der Waals surface area contributed by atoms with Gasteiger partial charge in [-0.05, 0) is 31.0 Å². The average molecular weight is 398 g/mol. The van der Waals surface area contributed by atoms with Crippen LogP contribution in [0.25, 0.3) is 10.9 Å². The number of carbonyl (C=O) groups excluding carboxylic acids is 1. The van der Waals surface area contributed by atoms with Gasteiger partial charge in [0.15, 0.2) is 0 Å². The molecule has 2 fully saturated rings. The van der Waals surface area contributed by atoms with Gasteiger partial charge in [-0.2, -0.15) is 0 Å². The van der Waals surface area contributed by atoms with Crippen LogP contribution in [0.4, 0.5) is 5.13 Å². The average Bonchev–Trinajstić information content (AvgIpc) is 3.28. The number of anilines is 1. The van der Waals surface area contributed by atoms with Crippen molar-refractivity contribution in [3.8, 4) is 5.75 Å². The van der Waals surface area contributed by atoms with Crippen molar-refractivity contribution >= 4 is 33.3 Å². The summed E-state index contributed by atoms with van der Waals surface area (Å²) in [5.74, 6) is 1.18. The SMILES string of the molecule is NC(=O)Cn1ccc2c(OC3CCN(c4nnc(C5CC5)s4)CC3)cccc21. The number of ether oxygens (including phenoxy) is 1. The van der Waals surface area contributed by atoms with Crippen LogP contribution in [0.2, 0.25) is 0 Å². The van der Waals surface area contributed by atoms with Crippen LogP contribution in [-0.4, -0.2) is 39.9 Å². The lowest BCUT2D eigenvalue weighted by atomic mass is 10.1. The van der Waals surface area contributed by atoms with E-state index in [9.17, 15) is 4.79 Å². The van der Waals surface area contributed by atoms with E-state index in [4.69, 9.17) is 10.5 Å². The number of hydrogen-bond donors (Lipinski definition) is 1. The van der Waals surface area contributed by atoms with Crippen molar-refractivity contribution in [2.75, 3.05) is 18.0 Å². The van der Waals surface area contributed by atoms with Gasteiger partial charge in [0.2, 0.25) is 11.0 Å². The molecule has 2 N–H and O–H groups in total. The van der Waals surface area contributed by atoms with Gasteiger partial charge in [-0.3, -0.25) is 4.79 Å². The number of amides is 1. The summed E-state index contributed by atoms with van der Waals surface area (Å²) in [6.45, 7) is 2.04. The molecule has 1 saturated carbocycles. The summed E-state index contributed by atoms with van der Waals surface area (Å²) < 4.78 is 8.20. The molecule has 0 atom stereocenters. The fourth-order valence-electron chi connectivity index (χ4n) is 3.80. The lowest BCUT2D eigenvalue weighted by molar-refractivity contribution is -0.118. The number of benzene rings is 1. The van der Waals surface area contributed by atoms with Gasteiger partial charge in [-0.25, -0.2) is 0 Å². The molecule has 2 aliphatic rings. The van der Waals surface area contributed by atoms with E-state index in [1.807, 2.05) is 35.0 Å². The Morgan fingerprint density at radius 3 is 2.75 bits per heavy atom. The largest absolute Gasteiger partial charge is 0.490 e. The van der Waals surface area contributed by atoms with Crippen LogP contribution < -0.4 is 15.4 Å². The minimum atomic E-state index is -0.349. The van der Waals surface area contributed by atoms with E-state index in [0.29, 0.717) is 5.92 Å². The van der Waals surface area contributed by atoms with Crippen LogP contribution in [0.1, 0.15) is 36.6 Å². The molecular formula is C20H23N5O2S. The number of hydrogen-bond acceptors (Lipinski definition) is 6. The molecule has 3 heterocycles. The highest BCUT2D eigenvalue weighted by Gasteiger charge is 2.29. The van der Waals surface area contributed by atoms with Crippen LogP contribution >= 0.6 is 11.3 Å². The second-order valence-electron chi connectivity index (χ2n) is 7.60. The Kier molecular flexibility index (Phi) is 4.43. The highest BCUT2D eigenvalue weighted by atomic mass is 32.1. The van der Waals surface area contributed by atoms with E-state index in [1.54, 1.807) is 11.3 Å². The maximum absolute atomic E-state index is 11.3. The van der Waals surface area contributed by atoms with E-state index in [1.165, 1.54) is 17.8 Å². The van der Waals surface area contributed by atoms with E-state index in [-0.39, 0.29) is 18.6 Å². The molecule has 2 aromatic heterocycles. The van der Waals surface area contributed by atoms with Gasteiger partial charge in [0.05, 0.1) is 5.52 Å². The molecule has 1 amide bonds. The van der Waals surface area contributed by atoms with Gasteiger partial charge in [-0.1, -0.05) is 17.4 Å². The fourth-order valence-corrected chi connectivity index (χ4v) is 4.86. The quantitative estimate of drug-likeness (QED) is 0.691. The molecule has 1 aliphatic carbocycles. The minimum Gasteiger partial charge on any atom is -0.490 e. The summed E-state index contributed by atoms with van der Waals surface area (Å²) in [5, 5.41) is 12.0. The molecule has 8 heteroatoms. The van der Waals surface area contributed by atoms with E-state index in [0.717, 1.165) is 47.7 Å². The number of piperidine rings is 1. The van der Waals surface area contributed by atoms with Gasteiger partial charge < -0.3 is 19.9 Å². The molecule has 0 spiro atoms. The zero-order chi connectivity index (χ0) is 19.1. The predicted octanol–water partition coefficient (Wildman–Crippen LogP) is 2.90. The van der Waals surface area contributed by atoms with E-state index >= 15 is 0 Å². The summed E-state index contributed by atoms with van der Waals surface area (Å²) in [6, 6.07) is 7.94. The molecule has 7 nitrogen and oxygen atoms in total. The van der Waals surface area contributed by atoms with Crippen LogP contribution in [0.5, 0.6) is 5.75 Å². The summed E-state index contributed by atoms with van der Waals surface area (Å²) in [7, 11) is 0. The minimum absolute atomic E-state index is 0.177. The molecule has 0 bridgehead atoms. The van der Waals surface area contributed by atoms with Crippen molar-refractivity contribution < 1.29 is 9.53 Å². The summed E-state index contributed by atoms with van der Waals surface area (Å²) in [6.07, 6.45) is 6.50. The van der Waals surface area contributed by atoms with Crippen molar-refractivity contribution in [3.63, 3.8) is 0 Å². The Hall–Kier alpha value is -2.61. The zero-order valence-electron chi connectivity index (χ0n) is 15.6. The van der Waals surface area contributed by atoms with Crippen LogP contribution in [-0.2, 0) is 11.3 Å². The Morgan fingerprint density at radius 1 is 1.18 bits per heavy atom. The Balaban J connectivity index is 1.25. The van der Waals surface area contributed by atoms with E-state index in [2.05, 4.69) is 15.1 Å². The van der Waals surface area contributed by atoms with Crippen LogP contribution in [0, 0.1) is 0 Å². The van der Waals surface area contributed by atoms with Gasteiger partial charge in [0.1, 0.15) is 23.4 Å². The topological polar surface area (TPSA) is 86.3 Å². The maximum atomic E-state index is 11.3. The van der Waals surface area contributed by atoms with Crippen molar-refractivity contribution in [2.24, 2.45) is 5.73 Å².